The van der Waals surface area contributed by atoms with Gasteiger partial charge in [0, 0.05) is 12.8 Å². The van der Waals surface area contributed by atoms with E-state index in [-0.39, 0.29) is 0 Å². The lowest BCUT2D eigenvalue weighted by molar-refractivity contribution is -0.154. The Bertz CT molecular complexity index is 630. The first-order valence-electron chi connectivity index (χ1n) is 6.68. The lowest BCUT2D eigenvalue weighted by atomic mass is 9.75. The van der Waals surface area contributed by atoms with Crippen LogP contribution < -0.4 is 11.5 Å². The third-order valence-electron chi connectivity index (χ3n) is 3.48. The van der Waals surface area contributed by atoms with Crippen molar-refractivity contribution in [2.45, 2.75) is 25.8 Å². The first-order chi connectivity index (χ1) is 10.8. The summed E-state index contributed by atoms with van der Waals surface area (Å²) in [4.78, 5) is 46.0. The van der Waals surface area contributed by atoms with Crippen molar-refractivity contribution in [3.63, 3.8) is 0 Å². The molecule has 0 aliphatic heterocycles. The molecule has 0 amide bonds. The third-order valence-corrected chi connectivity index (χ3v) is 4.36. The fourth-order valence-electron chi connectivity index (χ4n) is 2.09. The number of hydrogen-bond donors (Lipinski definition) is 5. The highest BCUT2D eigenvalue weighted by atomic mass is 32.2. The van der Waals surface area contributed by atoms with Crippen molar-refractivity contribution in [2.75, 3.05) is 12.3 Å². The van der Waals surface area contributed by atoms with Gasteiger partial charge in [0.05, 0.1) is 24.3 Å². The van der Waals surface area contributed by atoms with Gasteiger partial charge in [0.15, 0.2) is 5.78 Å². The fourth-order valence-corrected chi connectivity index (χ4v) is 3.15. The van der Waals surface area contributed by atoms with E-state index in [2.05, 4.69) is 0 Å². The summed E-state index contributed by atoms with van der Waals surface area (Å²) >= 11 is 0. The molecule has 24 heavy (non-hydrogen) atoms. The van der Waals surface area contributed by atoms with E-state index in [0.29, 0.717) is 0 Å². The minimum atomic E-state index is -4.93. The summed E-state index contributed by atoms with van der Waals surface area (Å²) in [7, 11) is -4.93. The average molecular weight is 368 g/mol. The Hall–Kier alpha value is -1.89. The molecule has 0 bridgehead atoms. The molecule has 0 aromatic rings. The number of hydrogen-bond acceptors (Lipinski definition) is 8. The molecule has 7 N–H and O–H groups in total. The quantitative estimate of drug-likeness (QED) is 0.248. The van der Waals surface area contributed by atoms with Crippen molar-refractivity contribution in [1.29, 1.82) is 0 Å². The van der Waals surface area contributed by atoms with Gasteiger partial charge in [-0.25, -0.2) is 0 Å². The first-order valence-corrected chi connectivity index (χ1v) is 8.29. The van der Waals surface area contributed by atoms with E-state index in [0.717, 1.165) is 0 Å². The molecular formula is C12H20N2O9S. The second-order valence-corrected chi connectivity index (χ2v) is 6.95. The van der Waals surface area contributed by atoms with Crippen LogP contribution in [0.1, 0.15) is 19.8 Å². The molecule has 0 spiro atoms. The summed E-state index contributed by atoms with van der Waals surface area (Å²) in [6, 6.07) is -2.03. The maximum Gasteiger partial charge on any atom is 0.313 e. The lowest BCUT2D eigenvalue weighted by Crippen LogP contribution is -2.57. The summed E-state index contributed by atoms with van der Waals surface area (Å²) < 4.78 is 31.3. The zero-order valence-corrected chi connectivity index (χ0v) is 13.7. The summed E-state index contributed by atoms with van der Waals surface area (Å²) in [5.74, 6) is -7.90. The molecule has 0 heterocycles. The number of aliphatic carboxylic acids is 2. The Balaban J connectivity index is 5.88. The molecule has 3 atom stereocenters. The maximum atomic E-state index is 12.1. The number of carbonyl (C=O) groups excluding carboxylic acids is 2. The second-order valence-electron chi connectivity index (χ2n) is 5.49. The van der Waals surface area contributed by atoms with E-state index in [1.165, 1.54) is 6.92 Å². The number of carbonyl (C=O) groups is 4. The van der Waals surface area contributed by atoms with Crippen LogP contribution in [0.3, 0.4) is 0 Å². The van der Waals surface area contributed by atoms with Crippen molar-refractivity contribution in [1.82, 2.24) is 0 Å². The van der Waals surface area contributed by atoms with E-state index >= 15 is 0 Å². The van der Waals surface area contributed by atoms with Gasteiger partial charge < -0.3 is 21.7 Å². The maximum absolute atomic E-state index is 12.1. The van der Waals surface area contributed by atoms with Crippen LogP contribution >= 0.6 is 0 Å². The molecule has 0 saturated heterocycles. The standard InChI is InChI=1S/C12H20N2O9S/c1-6(10(17)18)2-8(16)9(14)12(11(19)20,3-7(15)4-13)5-24(21,22)23/h6,9H,2-5,13-14H2,1H3,(H,17,18)(H,19,20)(H,21,22,23). The fraction of sp³-hybridized carbons (Fsp3) is 0.667. The van der Waals surface area contributed by atoms with Crippen LogP contribution in [-0.4, -0.2) is 65.0 Å². The second kappa shape index (κ2) is 8.28. The first kappa shape index (κ1) is 22.1. The third kappa shape index (κ3) is 5.96. The summed E-state index contributed by atoms with van der Waals surface area (Å²) in [5.41, 5.74) is 7.99. The molecule has 0 rings (SSSR count). The van der Waals surface area contributed by atoms with Gasteiger partial charge in [0.25, 0.3) is 10.1 Å². The van der Waals surface area contributed by atoms with E-state index in [1.54, 1.807) is 0 Å². The molecule has 11 nitrogen and oxygen atoms in total. The number of rotatable bonds is 11. The van der Waals surface area contributed by atoms with Crippen LogP contribution in [0.4, 0.5) is 0 Å². The molecule has 0 aromatic carbocycles. The Kier molecular flexibility index (Phi) is 7.63. The largest absolute Gasteiger partial charge is 0.481 e. The molecule has 138 valence electrons. The summed E-state index contributed by atoms with van der Waals surface area (Å²) in [6.07, 6.45) is -1.68. The number of Topliss-reactive ketones (excluding diaryl/α,β-unsaturated/α-hetero) is 2. The molecule has 0 saturated carbocycles. The highest BCUT2D eigenvalue weighted by molar-refractivity contribution is 7.85. The zero-order valence-electron chi connectivity index (χ0n) is 12.8. The monoisotopic (exact) mass is 368 g/mol. The Morgan fingerprint density at radius 2 is 1.67 bits per heavy atom. The minimum Gasteiger partial charge on any atom is -0.481 e. The van der Waals surface area contributed by atoms with Crippen LogP contribution in [0, 0.1) is 11.3 Å². The summed E-state index contributed by atoms with van der Waals surface area (Å²) in [5, 5.41) is 18.2. The van der Waals surface area contributed by atoms with Crippen LogP contribution in [0.15, 0.2) is 0 Å². The molecule has 0 radical (unpaired) electrons. The van der Waals surface area contributed by atoms with Crippen molar-refractivity contribution in [2.24, 2.45) is 22.8 Å². The topological polar surface area (TPSA) is 215 Å². The van der Waals surface area contributed by atoms with Gasteiger partial charge >= 0.3 is 11.9 Å². The van der Waals surface area contributed by atoms with Gasteiger partial charge in [0.2, 0.25) is 0 Å². The van der Waals surface area contributed by atoms with Gasteiger partial charge in [-0.2, -0.15) is 8.42 Å². The van der Waals surface area contributed by atoms with Crippen LogP contribution in [0.5, 0.6) is 0 Å². The molecule has 0 aliphatic carbocycles. The SMILES string of the molecule is CC(CC(=O)C(N)C(CC(=O)CN)(CS(=O)(=O)O)C(=O)O)C(=O)O. The Labute approximate surface area is 137 Å². The average Bonchev–Trinajstić information content (AvgIpc) is 2.43. The van der Waals surface area contributed by atoms with Gasteiger partial charge in [-0.1, -0.05) is 6.92 Å². The smallest absolute Gasteiger partial charge is 0.313 e. The van der Waals surface area contributed by atoms with Gasteiger partial charge in [-0.3, -0.25) is 23.7 Å². The molecule has 12 heteroatoms. The molecule has 0 fully saturated rings. The highest BCUT2D eigenvalue weighted by Crippen LogP contribution is 2.30. The van der Waals surface area contributed by atoms with Crippen molar-refractivity contribution in [3.8, 4) is 0 Å². The molecule has 0 aliphatic rings. The molecule has 0 aromatic heterocycles. The molecule has 3 unspecified atom stereocenters. The normalized spacial score (nSPS) is 16.7. The number of carboxylic acids is 2. The predicted octanol–water partition coefficient (Wildman–Crippen LogP) is -2.13. The Morgan fingerprint density at radius 3 is 2.00 bits per heavy atom. The van der Waals surface area contributed by atoms with Crippen LogP contribution in [0.25, 0.3) is 0 Å². The number of ketones is 2. The van der Waals surface area contributed by atoms with Crippen molar-refractivity contribution in [3.05, 3.63) is 0 Å². The highest BCUT2D eigenvalue weighted by Gasteiger charge is 2.51. The van der Waals surface area contributed by atoms with E-state index in [1.807, 2.05) is 0 Å². The lowest BCUT2D eigenvalue weighted by Gasteiger charge is -2.32. The minimum absolute atomic E-state index is 0.632. The number of nitrogens with two attached hydrogens (primary N) is 2. The van der Waals surface area contributed by atoms with Gasteiger partial charge in [0.1, 0.15) is 11.2 Å². The number of carboxylic acid groups (broad SMARTS) is 2. The van der Waals surface area contributed by atoms with E-state index in [9.17, 15) is 32.7 Å². The van der Waals surface area contributed by atoms with E-state index < -0.39 is 76.1 Å². The van der Waals surface area contributed by atoms with Crippen molar-refractivity contribution >= 4 is 33.6 Å². The van der Waals surface area contributed by atoms with Gasteiger partial charge in [-0.15, -0.1) is 0 Å². The van der Waals surface area contributed by atoms with E-state index in [4.69, 9.17) is 21.1 Å². The van der Waals surface area contributed by atoms with Crippen LogP contribution in [-0.2, 0) is 29.3 Å². The van der Waals surface area contributed by atoms with Crippen molar-refractivity contribution < 1.29 is 42.4 Å². The molecular weight excluding hydrogens is 348 g/mol. The van der Waals surface area contributed by atoms with Gasteiger partial charge in [-0.05, 0) is 0 Å². The predicted molar refractivity (Wildman–Crippen MR) is 79.6 cm³/mol. The zero-order chi connectivity index (χ0) is 19.3. The summed E-state index contributed by atoms with van der Waals surface area (Å²) in [6.45, 7) is 0.538. The van der Waals surface area contributed by atoms with Crippen LogP contribution in [0.2, 0.25) is 0 Å². The Morgan fingerprint density at radius 1 is 1.17 bits per heavy atom.